The number of likely N-dealkylation sites (N-methyl/N-ethyl adjacent to an activating group) is 1. The van der Waals surface area contributed by atoms with Crippen LogP contribution in [0, 0.1) is 0 Å². The molecule has 7 heteroatoms. The van der Waals surface area contributed by atoms with Crippen LogP contribution in [0.2, 0.25) is 0 Å². The molecule has 23 heavy (non-hydrogen) atoms. The summed E-state index contributed by atoms with van der Waals surface area (Å²) in [5.74, 6) is 0.845. The number of piperazine rings is 1. The van der Waals surface area contributed by atoms with Crippen molar-refractivity contribution in [3.63, 3.8) is 0 Å². The molecule has 2 heterocycles. The van der Waals surface area contributed by atoms with Crippen molar-refractivity contribution in [2.75, 3.05) is 46.3 Å². The topological polar surface area (TPSA) is 35.7 Å². The minimum absolute atomic E-state index is 0. The molecule has 0 aromatic rings. The van der Waals surface area contributed by atoms with Crippen LogP contribution in [0.4, 0.5) is 13.2 Å². The van der Waals surface area contributed by atoms with Crippen LogP contribution in [0.15, 0.2) is 35.8 Å². The number of rotatable bonds is 4. The summed E-state index contributed by atoms with van der Waals surface area (Å²) in [4.78, 5) is 5.98. The van der Waals surface area contributed by atoms with Crippen LogP contribution in [0.25, 0.3) is 0 Å². The monoisotopic (exact) mass is 332 g/mol. The Morgan fingerprint density at radius 2 is 1.83 bits per heavy atom. The predicted octanol–water partition coefficient (Wildman–Crippen LogP) is 2.38. The summed E-state index contributed by atoms with van der Waals surface area (Å²) < 4.78 is 38.2. The highest BCUT2D eigenvalue weighted by Crippen LogP contribution is 2.30. The molecule has 0 saturated carbocycles. The minimum atomic E-state index is -4.26. The van der Waals surface area contributed by atoms with Crippen molar-refractivity contribution in [3.8, 4) is 0 Å². The molecule has 0 radical (unpaired) electrons. The Balaban J connectivity index is 0.00000264. The Morgan fingerprint density at radius 3 is 2.30 bits per heavy atom. The van der Waals surface area contributed by atoms with E-state index in [4.69, 9.17) is 5.73 Å². The van der Waals surface area contributed by atoms with Crippen molar-refractivity contribution in [2.24, 2.45) is 5.73 Å². The van der Waals surface area contributed by atoms with E-state index in [1.807, 2.05) is 0 Å². The number of hydrogen-bond acceptors (Lipinski definition) is 4. The molecule has 132 valence electrons. The standard InChI is InChI=1S/C15H23F3N4.CH4/c1-12(5-6-19)21-7-9-22(10-8-21)14-4-3-13(11-20(14)2)15(16,17)18;/h3-4H,1,5-11,19H2,2H3;1H4. The van der Waals surface area contributed by atoms with Gasteiger partial charge in [0.1, 0.15) is 5.82 Å². The first-order chi connectivity index (χ1) is 10.3. The van der Waals surface area contributed by atoms with Crippen LogP contribution in [0.5, 0.6) is 0 Å². The van der Waals surface area contributed by atoms with Crippen LogP contribution in [-0.2, 0) is 0 Å². The summed E-state index contributed by atoms with van der Waals surface area (Å²) in [7, 11) is 1.70. The molecule has 2 N–H and O–H groups in total. The van der Waals surface area contributed by atoms with E-state index < -0.39 is 11.7 Å². The molecule has 2 aliphatic rings. The quantitative estimate of drug-likeness (QED) is 0.857. The fraction of sp³-hybridized carbons (Fsp3) is 0.625. The van der Waals surface area contributed by atoms with Crippen molar-refractivity contribution in [3.05, 3.63) is 35.8 Å². The maximum absolute atomic E-state index is 12.7. The van der Waals surface area contributed by atoms with E-state index in [-0.39, 0.29) is 14.0 Å². The molecule has 1 saturated heterocycles. The van der Waals surface area contributed by atoms with Crippen LogP contribution in [-0.4, -0.2) is 67.2 Å². The molecule has 4 nitrogen and oxygen atoms in total. The highest BCUT2D eigenvalue weighted by Gasteiger charge is 2.36. The second-order valence-electron chi connectivity index (χ2n) is 5.65. The third-order valence-electron chi connectivity index (χ3n) is 4.08. The van der Waals surface area contributed by atoms with Crippen molar-refractivity contribution in [1.82, 2.24) is 14.7 Å². The Labute approximate surface area is 136 Å². The first-order valence-electron chi connectivity index (χ1n) is 7.40. The molecular weight excluding hydrogens is 305 g/mol. The van der Waals surface area contributed by atoms with Gasteiger partial charge in [0.15, 0.2) is 0 Å². The van der Waals surface area contributed by atoms with E-state index in [2.05, 4.69) is 16.4 Å². The highest BCUT2D eigenvalue weighted by molar-refractivity contribution is 5.27. The van der Waals surface area contributed by atoms with E-state index in [1.54, 1.807) is 18.0 Å². The molecular formula is C16H27F3N4. The SMILES string of the molecule is C.C=C(CCN)N1CCN(C2=CC=C(C(F)(F)F)CN2C)CC1. The summed E-state index contributed by atoms with van der Waals surface area (Å²) in [6, 6.07) is 0. The smallest absolute Gasteiger partial charge is 0.372 e. The molecule has 0 spiro atoms. The van der Waals surface area contributed by atoms with Gasteiger partial charge in [0.05, 0.1) is 5.57 Å². The Morgan fingerprint density at radius 1 is 1.22 bits per heavy atom. The van der Waals surface area contributed by atoms with Gasteiger partial charge in [-0.1, -0.05) is 14.0 Å². The summed E-state index contributed by atoms with van der Waals surface area (Å²) in [5.41, 5.74) is 6.06. The summed E-state index contributed by atoms with van der Waals surface area (Å²) in [6.07, 6.45) is -0.721. The van der Waals surface area contributed by atoms with Gasteiger partial charge in [-0.2, -0.15) is 13.2 Å². The highest BCUT2D eigenvalue weighted by atomic mass is 19.4. The number of nitrogens with two attached hydrogens (primary N) is 1. The second kappa shape index (κ2) is 7.77. The second-order valence-corrected chi connectivity index (χ2v) is 5.65. The molecule has 0 aromatic heterocycles. The zero-order chi connectivity index (χ0) is 16.3. The zero-order valence-electron chi connectivity index (χ0n) is 12.9. The fourth-order valence-electron chi connectivity index (χ4n) is 2.80. The van der Waals surface area contributed by atoms with Gasteiger partial charge < -0.3 is 20.4 Å². The van der Waals surface area contributed by atoms with Crippen LogP contribution in [0.1, 0.15) is 13.8 Å². The van der Waals surface area contributed by atoms with Crippen molar-refractivity contribution < 1.29 is 13.2 Å². The minimum Gasteiger partial charge on any atom is -0.372 e. The number of alkyl halides is 3. The van der Waals surface area contributed by atoms with Gasteiger partial charge in [-0.25, -0.2) is 0 Å². The van der Waals surface area contributed by atoms with Gasteiger partial charge >= 0.3 is 6.18 Å². The van der Waals surface area contributed by atoms with Crippen molar-refractivity contribution >= 4 is 0 Å². The summed E-state index contributed by atoms with van der Waals surface area (Å²) in [6.45, 7) is 7.69. The number of nitrogens with zero attached hydrogens (tertiary/aromatic N) is 3. The lowest BCUT2D eigenvalue weighted by atomic mass is 10.1. The molecule has 2 rings (SSSR count). The third-order valence-corrected chi connectivity index (χ3v) is 4.08. The normalized spacial score (nSPS) is 19.1. The number of halogens is 3. The van der Waals surface area contributed by atoms with Gasteiger partial charge in [-0.05, 0) is 25.1 Å². The molecule has 0 amide bonds. The molecule has 0 aliphatic carbocycles. The predicted molar refractivity (Wildman–Crippen MR) is 87.5 cm³/mol. The summed E-state index contributed by atoms with van der Waals surface area (Å²) >= 11 is 0. The van der Waals surface area contributed by atoms with Crippen molar-refractivity contribution in [2.45, 2.75) is 20.0 Å². The van der Waals surface area contributed by atoms with E-state index in [9.17, 15) is 13.2 Å². The maximum Gasteiger partial charge on any atom is 0.414 e. The lowest BCUT2D eigenvalue weighted by Crippen LogP contribution is -2.48. The molecule has 1 fully saturated rings. The Hall–Kier alpha value is -1.63. The lowest BCUT2D eigenvalue weighted by Gasteiger charge is -2.42. The average Bonchev–Trinajstić information content (AvgIpc) is 2.46. The average molecular weight is 332 g/mol. The number of allylic oxidation sites excluding steroid dienone is 2. The number of hydrogen-bond donors (Lipinski definition) is 1. The van der Waals surface area contributed by atoms with Crippen LogP contribution in [0.3, 0.4) is 0 Å². The van der Waals surface area contributed by atoms with Gasteiger partial charge in [0.2, 0.25) is 0 Å². The first kappa shape index (κ1) is 19.4. The largest absolute Gasteiger partial charge is 0.414 e. The maximum atomic E-state index is 12.7. The fourth-order valence-corrected chi connectivity index (χ4v) is 2.80. The van der Waals surface area contributed by atoms with Crippen LogP contribution < -0.4 is 5.73 Å². The Bertz CT molecular complexity index is 474. The molecule has 0 bridgehead atoms. The van der Waals surface area contributed by atoms with Gasteiger partial charge in [0.25, 0.3) is 0 Å². The van der Waals surface area contributed by atoms with Crippen LogP contribution >= 0.6 is 0 Å². The molecule has 2 aliphatic heterocycles. The van der Waals surface area contributed by atoms with Gasteiger partial charge in [0, 0.05) is 45.5 Å². The lowest BCUT2D eigenvalue weighted by molar-refractivity contribution is -0.0956. The van der Waals surface area contributed by atoms with E-state index in [0.717, 1.165) is 44.1 Å². The van der Waals surface area contributed by atoms with E-state index in [1.165, 1.54) is 6.08 Å². The Kier molecular flexibility index (Phi) is 6.56. The first-order valence-corrected chi connectivity index (χ1v) is 7.40. The summed E-state index contributed by atoms with van der Waals surface area (Å²) in [5, 5.41) is 0. The molecule has 0 unspecified atom stereocenters. The molecule has 0 atom stereocenters. The van der Waals surface area contributed by atoms with E-state index >= 15 is 0 Å². The van der Waals surface area contributed by atoms with Gasteiger partial charge in [-0.3, -0.25) is 0 Å². The zero-order valence-corrected chi connectivity index (χ0v) is 12.9. The molecule has 0 aromatic carbocycles. The van der Waals surface area contributed by atoms with E-state index in [0.29, 0.717) is 6.54 Å². The van der Waals surface area contributed by atoms with Crippen molar-refractivity contribution in [1.29, 1.82) is 0 Å². The van der Waals surface area contributed by atoms with Gasteiger partial charge in [-0.15, -0.1) is 0 Å². The third kappa shape index (κ3) is 4.67.